The maximum atomic E-state index is 5.42. The van der Waals surface area contributed by atoms with E-state index in [4.69, 9.17) is 19.9 Å². The van der Waals surface area contributed by atoms with Crippen molar-refractivity contribution >= 4 is 38.5 Å². The van der Waals surface area contributed by atoms with E-state index in [1.807, 2.05) is 12.1 Å². The van der Waals surface area contributed by atoms with Gasteiger partial charge in [-0.3, -0.25) is 0 Å². The fourth-order valence-corrected chi connectivity index (χ4v) is 8.12. The highest BCUT2D eigenvalue weighted by Gasteiger charge is 2.25. The van der Waals surface area contributed by atoms with Crippen LogP contribution in [0.1, 0.15) is 47.6 Å². The lowest BCUT2D eigenvalue weighted by molar-refractivity contribution is 0.835. The number of fused-ring (bicyclic) bond motifs is 2. The first-order valence-corrected chi connectivity index (χ1v) is 19.4. The molecule has 10 rings (SSSR count). The predicted molar refractivity (Wildman–Crippen MR) is 231 cm³/mol. The first kappa shape index (κ1) is 33.5. The van der Waals surface area contributed by atoms with Crippen molar-refractivity contribution in [1.82, 2.24) is 19.9 Å². The molecule has 4 heteroatoms. The van der Waals surface area contributed by atoms with Gasteiger partial charge in [0, 0.05) is 22.3 Å². The van der Waals surface area contributed by atoms with Crippen LogP contribution in [0.15, 0.2) is 188 Å². The lowest BCUT2D eigenvalue weighted by Crippen LogP contribution is -2.09. The summed E-state index contributed by atoms with van der Waals surface area (Å²) in [6, 6.07) is 55.4. The zero-order chi connectivity index (χ0) is 37.3. The van der Waals surface area contributed by atoms with Gasteiger partial charge in [-0.15, -0.1) is 0 Å². The van der Waals surface area contributed by atoms with Crippen molar-refractivity contribution < 1.29 is 0 Å². The third-order valence-corrected chi connectivity index (χ3v) is 10.9. The van der Waals surface area contributed by atoms with Crippen molar-refractivity contribution in [3.05, 3.63) is 210 Å². The minimum Gasteiger partial charge on any atom is -0.229 e. The summed E-state index contributed by atoms with van der Waals surface area (Å²) in [6.45, 7) is 0. The van der Waals surface area contributed by atoms with E-state index < -0.39 is 0 Å². The summed E-state index contributed by atoms with van der Waals surface area (Å²) in [5.41, 5.74) is 14.3. The van der Waals surface area contributed by atoms with Crippen LogP contribution >= 0.6 is 0 Å². The molecule has 0 bridgehead atoms. The van der Waals surface area contributed by atoms with Crippen LogP contribution in [-0.4, -0.2) is 19.9 Å². The van der Waals surface area contributed by atoms with Crippen LogP contribution in [0.5, 0.6) is 0 Å². The molecule has 2 aliphatic rings. The van der Waals surface area contributed by atoms with Crippen LogP contribution in [-0.2, 0) is 0 Å². The van der Waals surface area contributed by atoms with Crippen LogP contribution in [0.3, 0.4) is 0 Å². The highest BCUT2D eigenvalue weighted by molar-refractivity contribution is 5.96. The Bertz CT molecular complexity index is 2870. The van der Waals surface area contributed by atoms with Crippen LogP contribution in [0.25, 0.3) is 72.6 Å². The van der Waals surface area contributed by atoms with Gasteiger partial charge in [-0.25, -0.2) is 19.9 Å². The fraction of sp³-hybridized carbons (Fsp3) is 0.0769. The van der Waals surface area contributed by atoms with Gasteiger partial charge in [0.15, 0.2) is 11.6 Å². The standard InChI is InChI=1S/C52H38N4/c1-5-17-35(18-6-1)39-29-40(36-19-7-2-8-20-36)32-43(31-39)49-45-25-13-15-27-47(45)53-51(55-49)52-54-48-28-16-14-26-46(48)50(56-52)44-33-41(37-21-9-3-10-22-37)30-42(34-44)38-23-11-4-12-24-38/h1-11,13-23,25-31,33-34,43H,12,24,32H2. The molecule has 2 heterocycles. The Labute approximate surface area is 327 Å². The molecule has 8 aromatic rings. The van der Waals surface area contributed by atoms with Gasteiger partial charge >= 0.3 is 0 Å². The first-order valence-electron chi connectivity index (χ1n) is 19.4. The number of rotatable bonds is 7. The summed E-state index contributed by atoms with van der Waals surface area (Å²) in [5.74, 6) is 1.04. The first-order chi connectivity index (χ1) is 27.7. The smallest absolute Gasteiger partial charge is 0.198 e. The molecule has 4 nitrogen and oxygen atoms in total. The molecule has 0 fully saturated rings. The van der Waals surface area contributed by atoms with E-state index in [0.29, 0.717) is 11.6 Å². The van der Waals surface area contributed by atoms with E-state index in [9.17, 15) is 0 Å². The molecule has 0 saturated carbocycles. The van der Waals surface area contributed by atoms with Crippen molar-refractivity contribution in [3.63, 3.8) is 0 Å². The Hall–Kier alpha value is -7.04. The zero-order valence-corrected chi connectivity index (χ0v) is 30.9. The van der Waals surface area contributed by atoms with Gasteiger partial charge < -0.3 is 0 Å². The molecule has 2 aliphatic carbocycles. The van der Waals surface area contributed by atoms with Crippen LogP contribution in [0.4, 0.5) is 0 Å². The summed E-state index contributed by atoms with van der Waals surface area (Å²) >= 11 is 0. The van der Waals surface area contributed by atoms with Gasteiger partial charge in [0.25, 0.3) is 0 Å². The maximum absolute atomic E-state index is 5.42. The average Bonchev–Trinajstić information content (AvgIpc) is 3.29. The molecule has 0 amide bonds. The number of para-hydroxylation sites is 2. The van der Waals surface area contributed by atoms with Gasteiger partial charge in [0.1, 0.15) is 0 Å². The fourth-order valence-electron chi connectivity index (χ4n) is 8.12. The van der Waals surface area contributed by atoms with E-state index in [-0.39, 0.29) is 5.92 Å². The molecule has 266 valence electrons. The van der Waals surface area contributed by atoms with Crippen molar-refractivity contribution in [2.45, 2.75) is 25.2 Å². The Morgan fingerprint density at radius 3 is 1.77 bits per heavy atom. The van der Waals surface area contributed by atoms with Crippen molar-refractivity contribution in [2.24, 2.45) is 0 Å². The van der Waals surface area contributed by atoms with E-state index in [1.165, 1.54) is 39.0 Å². The average molecular weight is 719 g/mol. The molecule has 0 N–H and O–H groups in total. The lowest BCUT2D eigenvalue weighted by Gasteiger charge is -2.24. The van der Waals surface area contributed by atoms with E-state index in [2.05, 4.69) is 176 Å². The second kappa shape index (κ2) is 14.7. The molecular formula is C52H38N4. The second-order valence-electron chi connectivity index (χ2n) is 14.5. The molecule has 0 radical (unpaired) electrons. The number of benzene rings is 6. The summed E-state index contributed by atoms with van der Waals surface area (Å²) in [4.78, 5) is 21.1. The Balaban J connectivity index is 1.16. The number of hydrogen-bond acceptors (Lipinski definition) is 4. The van der Waals surface area contributed by atoms with E-state index >= 15 is 0 Å². The highest BCUT2D eigenvalue weighted by atomic mass is 15.0. The third-order valence-electron chi connectivity index (χ3n) is 10.9. The molecule has 1 atom stereocenters. The minimum atomic E-state index is -0.0000751. The summed E-state index contributed by atoms with van der Waals surface area (Å²) in [5, 5.41) is 2.03. The zero-order valence-electron chi connectivity index (χ0n) is 30.9. The SMILES string of the molecule is C1=CCCC(c2cc(-c3ccccc3)cc(-c3nc(-c4nc(C5C=C(c6ccccc6)C=C(c6ccccc6)C5)c5ccccc5n4)nc4ccccc34)c2)=C1. The van der Waals surface area contributed by atoms with Crippen molar-refractivity contribution in [1.29, 1.82) is 0 Å². The highest BCUT2D eigenvalue weighted by Crippen LogP contribution is 2.41. The monoisotopic (exact) mass is 718 g/mol. The predicted octanol–water partition coefficient (Wildman–Crippen LogP) is 13.0. The normalized spacial score (nSPS) is 15.4. The number of aromatic nitrogens is 4. The van der Waals surface area contributed by atoms with Crippen LogP contribution < -0.4 is 0 Å². The maximum Gasteiger partial charge on any atom is 0.198 e. The number of hydrogen-bond donors (Lipinski definition) is 0. The topological polar surface area (TPSA) is 51.6 Å². The molecule has 1 unspecified atom stereocenters. The minimum absolute atomic E-state index is 0.0000751. The van der Waals surface area contributed by atoms with Crippen molar-refractivity contribution in [2.75, 3.05) is 0 Å². The van der Waals surface area contributed by atoms with E-state index in [0.717, 1.165) is 63.6 Å². The Morgan fingerprint density at radius 2 is 1.05 bits per heavy atom. The van der Waals surface area contributed by atoms with Gasteiger partial charge in [0.05, 0.1) is 22.4 Å². The molecule has 56 heavy (non-hydrogen) atoms. The molecule has 6 aromatic carbocycles. The van der Waals surface area contributed by atoms with E-state index in [1.54, 1.807) is 0 Å². The van der Waals surface area contributed by atoms with Crippen molar-refractivity contribution in [3.8, 4) is 34.0 Å². The number of nitrogens with zero attached hydrogens (tertiary/aromatic N) is 4. The second-order valence-corrected chi connectivity index (χ2v) is 14.5. The van der Waals surface area contributed by atoms with Gasteiger partial charge in [0.2, 0.25) is 0 Å². The molecular weight excluding hydrogens is 681 g/mol. The third kappa shape index (κ3) is 6.56. The van der Waals surface area contributed by atoms with Crippen LogP contribution in [0.2, 0.25) is 0 Å². The van der Waals surface area contributed by atoms with Gasteiger partial charge in [-0.2, -0.15) is 0 Å². The quantitative estimate of drug-likeness (QED) is 0.165. The van der Waals surface area contributed by atoms with Gasteiger partial charge in [-0.05, 0) is 94.1 Å². The molecule has 0 aliphatic heterocycles. The molecule has 2 aromatic heterocycles. The van der Waals surface area contributed by atoms with Gasteiger partial charge in [-0.1, -0.05) is 158 Å². The Morgan fingerprint density at radius 1 is 0.464 bits per heavy atom. The van der Waals surface area contributed by atoms with Crippen LogP contribution in [0, 0.1) is 0 Å². The lowest BCUT2D eigenvalue weighted by atomic mass is 9.82. The largest absolute Gasteiger partial charge is 0.229 e. The Kier molecular flexibility index (Phi) is 8.77. The summed E-state index contributed by atoms with van der Waals surface area (Å²) < 4.78 is 0. The molecule has 0 spiro atoms. The summed E-state index contributed by atoms with van der Waals surface area (Å²) in [6.07, 6.45) is 14.2. The number of allylic oxidation sites excluding steroid dienone is 8. The molecule has 0 saturated heterocycles. The summed E-state index contributed by atoms with van der Waals surface area (Å²) in [7, 11) is 0.